The number of aryl methyl sites for hydroxylation is 2. The molecule has 176 valence electrons. The van der Waals surface area contributed by atoms with Gasteiger partial charge < -0.3 is 5.73 Å². The van der Waals surface area contributed by atoms with E-state index in [4.69, 9.17) is 5.73 Å². The van der Waals surface area contributed by atoms with Crippen LogP contribution in [-0.2, 0) is 6.54 Å². The molecule has 1 aromatic carbocycles. The lowest BCUT2D eigenvalue weighted by molar-refractivity contribution is 0.102. The van der Waals surface area contributed by atoms with Gasteiger partial charge in [0, 0.05) is 11.4 Å². The van der Waals surface area contributed by atoms with Gasteiger partial charge in [-0.2, -0.15) is 0 Å². The number of para-hydroxylation sites is 1. The summed E-state index contributed by atoms with van der Waals surface area (Å²) in [4.78, 5) is 59.4. The number of H-pyrrole nitrogens is 1. The monoisotopic (exact) mass is 497 g/mol. The van der Waals surface area contributed by atoms with Crippen molar-refractivity contribution in [2.45, 2.75) is 38.9 Å². The van der Waals surface area contributed by atoms with E-state index < -0.39 is 17.0 Å². The molecule has 0 unspecified atom stereocenters. The lowest BCUT2D eigenvalue weighted by Crippen LogP contribution is -2.36. The van der Waals surface area contributed by atoms with Gasteiger partial charge in [-0.3, -0.25) is 28.5 Å². The van der Waals surface area contributed by atoms with Crippen molar-refractivity contribution in [2.24, 2.45) is 0 Å². The Bertz CT molecular complexity index is 1580. The van der Waals surface area contributed by atoms with Crippen LogP contribution in [0.4, 0.5) is 5.82 Å². The van der Waals surface area contributed by atoms with Crippen LogP contribution < -0.4 is 22.5 Å². The van der Waals surface area contributed by atoms with Crippen LogP contribution in [0.25, 0.3) is 15.9 Å². The maximum Gasteiger partial charge on any atom is 0.329 e. The van der Waals surface area contributed by atoms with Gasteiger partial charge in [-0.25, -0.2) is 9.78 Å². The third-order valence-electron chi connectivity index (χ3n) is 5.48. The van der Waals surface area contributed by atoms with Gasteiger partial charge in [-0.1, -0.05) is 36.9 Å². The Morgan fingerprint density at radius 3 is 2.56 bits per heavy atom. The summed E-state index contributed by atoms with van der Waals surface area (Å²) in [6, 6.07) is 9.05. The molecule has 0 atom stereocenters. The number of aromatic amines is 1. The van der Waals surface area contributed by atoms with Gasteiger partial charge in [0.05, 0.1) is 16.8 Å². The molecule has 9 nitrogen and oxygen atoms in total. The minimum absolute atomic E-state index is 0.158. The zero-order chi connectivity index (χ0) is 24.6. The summed E-state index contributed by atoms with van der Waals surface area (Å²) in [6.45, 7) is 5.96. The average Bonchev–Trinajstić information content (AvgIpc) is 3.09. The van der Waals surface area contributed by atoms with Crippen molar-refractivity contribution in [2.75, 3.05) is 11.5 Å². The highest BCUT2D eigenvalue weighted by Gasteiger charge is 2.22. The number of benzene rings is 1. The quantitative estimate of drug-likeness (QED) is 0.228. The highest BCUT2D eigenvalue weighted by Crippen LogP contribution is 2.29. The number of anilines is 1. The number of hydrogen-bond donors (Lipinski definition) is 2. The number of Topliss-reactive ketones (excluding diaryl/α,β-unsaturated/α-hetero) is 1. The van der Waals surface area contributed by atoms with Crippen LogP contribution in [0.1, 0.15) is 34.1 Å². The van der Waals surface area contributed by atoms with Crippen LogP contribution in [-0.4, -0.2) is 30.6 Å². The third-order valence-corrected chi connectivity index (χ3v) is 7.52. The first kappa shape index (κ1) is 23.7. The molecule has 0 aliphatic rings. The summed E-state index contributed by atoms with van der Waals surface area (Å²) >= 11 is 2.46. The number of nitrogens with two attached hydrogens (primary N) is 1. The number of carbonyl (C=O) groups is 1. The molecule has 3 N–H and O–H groups in total. The van der Waals surface area contributed by atoms with E-state index in [1.54, 1.807) is 12.1 Å². The molecule has 3 heterocycles. The van der Waals surface area contributed by atoms with Crippen molar-refractivity contribution < 1.29 is 4.79 Å². The summed E-state index contributed by atoms with van der Waals surface area (Å²) in [5.74, 6) is -0.901. The molecule has 0 radical (unpaired) electrons. The van der Waals surface area contributed by atoms with Crippen LogP contribution >= 0.6 is 23.1 Å². The largest absolute Gasteiger partial charge is 0.384 e. The van der Waals surface area contributed by atoms with E-state index in [0.717, 1.165) is 22.2 Å². The summed E-state index contributed by atoms with van der Waals surface area (Å²) < 4.78 is 2.66. The first-order valence-electron chi connectivity index (χ1n) is 10.6. The van der Waals surface area contributed by atoms with E-state index in [2.05, 4.69) is 9.97 Å². The zero-order valence-electron chi connectivity index (χ0n) is 18.9. The Hall–Kier alpha value is -3.44. The number of aromatic nitrogens is 4. The number of ketones is 1. The molecule has 0 aliphatic heterocycles. The fourth-order valence-corrected chi connectivity index (χ4v) is 5.64. The van der Waals surface area contributed by atoms with Gasteiger partial charge in [0.1, 0.15) is 16.2 Å². The summed E-state index contributed by atoms with van der Waals surface area (Å²) in [5, 5.41) is 0.879. The molecule has 0 saturated heterocycles. The Morgan fingerprint density at radius 2 is 1.88 bits per heavy atom. The second kappa shape index (κ2) is 9.43. The molecular formula is C23H23N5O4S2. The Balaban J connectivity index is 1.79. The van der Waals surface area contributed by atoms with E-state index >= 15 is 0 Å². The molecule has 4 aromatic rings. The molecule has 3 aromatic heterocycles. The minimum Gasteiger partial charge on any atom is -0.384 e. The van der Waals surface area contributed by atoms with E-state index in [-0.39, 0.29) is 29.2 Å². The number of nitrogens with zero attached hydrogens (tertiary/aromatic N) is 3. The van der Waals surface area contributed by atoms with E-state index in [9.17, 15) is 19.2 Å². The maximum atomic E-state index is 13.5. The van der Waals surface area contributed by atoms with Crippen molar-refractivity contribution in [3.05, 3.63) is 77.5 Å². The van der Waals surface area contributed by atoms with Gasteiger partial charge in [0.25, 0.3) is 11.1 Å². The molecule has 0 saturated carbocycles. The molecule has 0 fully saturated rings. The van der Waals surface area contributed by atoms with Crippen LogP contribution in [0, 0.1) is 13.8 Å². The fourth-order valence-electron chi connectivity index (χ4n) is 3.68. The summed E-state index contributed by atoms with van der Waals surface area (Å²) in [6.07, 6.45) is 0.603. The number of carbonyl (C=O) groups excluding carboxylic acids is 1. The van der Waals surface area contributed by atoms with Crippen LogP contribution in [0.5, 0.6) is 0 Å². The van der Waals surface area contributed by atoms with Gasteiger partial charge in [-0.05, 0) is 38.0 Å². The van der Waals surface area contributed by atoms with Gasteiger partial charge in [0.15, 0.2) is 10.9 Å². The van der Waals surface area contributed by atoms with Crippen LogP contribution in [0.2, 0.25) is 0 Å². The molecule has 0 amide bonds. The molecule has 34 heavy (non-hydrogen) atoms. The Labute approximate surface area is 202 Å². The summed E-state index contributed by atoms with van der Waals surface area (Å²) in [7, 11) is 0. The second-order valence-corrected chi connectivity index (χ2v) is 9.86. The van der Waals surface area contributed by atoms with Gasteiger partial charge in [-0.15, -0.1) is 11.3 Å². The van der Waals surface area contributed by atoms with Crippen molar-refractivity contribution >= 4 is 44.9 Å². The van der Waals surface area contributed by atoms with Gasteiger partial charge in [0.2, 0.25) is 0 Å². The van der Waals surface area contributed by atoms with E-state index in [0.29, 0.717) is 27.5 Å². The normalized spacial score (nSPS) is 11.3. The maximum absolute atomic E-state index is 13.5. The SMILES string of the molecule is CCCn1c(N)c(C(=O)CSc2nc3sc(C)c(C)c3c(=O)n2-c2ccccc2)c(=O)[nH]c1=O. The number of hydrogen-bond acceptors (Lipinski definition) is 8. The first-order valence-corrected chi connectivity index (χ1v) is 12.4. The van der Waals surface area contributed by atoms with E-state index in [1.165, 1.54) is 20.5 Å². The highest BCUT2D eigenvalue weighted by molar-refractivity contribution is 7.99. The number of fused-ring (bicyclic) bond motifs is 1. The molecule has 0 aliphatic carbocycles. The zero-order valence-corrected chi connectivity index (χ0v) is 20.5. The Kier molecular flexibility index (Phi) is 6.58. The lowest BCUT2D eigenvalue weighted by atomic mass is 10.2. The molecular weight excluding hydrogens is 474 g/mol. The molecule has 11 heteroatoms. The fraction of sp³-hybridized carbons (Fsp3) is 0.261. The number of thiophene rings is 1. The number of nitrogen functional groups attached to an aromatic ring is 1. The topological polar surface area (TPSA) is 133 Å². The number of thioether (sulfide) groups is 1. The average molecular weight is 498 g/mol. The predicted octanol–water partition coefficient (Wildman–Crippen LogP) is 2.88. The van der Waals surface area contributed by atoms with Crippen molar-refractivity contribution in [3.63, 3.8) is 0 Å². The van der Waals surface area contributed by atoms with E-state index in [1.807, 2.05) is 39.0 Å². The predicted molar refractivity (Wildman–Crippen MR) is 136 cm³/mol. The van der Waals surface area contributed by atoms with Crippen LogP contribution in [0.3, 0.4) is 0 Å². The highest BCUT2D eigenvalue weighted by atomic mass is 32.2. The van der Waals surface area contributed by atoms with Crippen LogP contribution in [0.15, 0.2) is 49.9 Å². The third kappa shape index (κ3) is 4.12. The standard InChI is InChI=1S/C23H23N5O4S2/c1-4-10-27-18(24)17(19(30)25-22(27)32)15(29)11-33-23-26-20-16(12(2)13(3)34-20)21(31)28(23)14-8-6-5-7-9-14/h5-9H,4,10-11,24H2,1-3H3,(H,25,30,32). The van der Waals surface area contributed by atoms with Crippen molar-refractivity contribution in [1.29, 1.82) is 0 Å². The number of nitrogens with one attached hydrogen (secondary N) is 1. The number of rotatable bonds is 7. The summed E-state index contributed by atoms with van der Waals surface area (Å²) in [5.41, 5.74) is 5.56. The molecule has 0 spiro atoms. The smallest absolute Gasteiger partial charge is 0.329 e. The second-order valence-electron chi connectivity index (χ2n) is 7.72. The van der Waals surface area contributed by atoms with Crippen molar-refractivity contribution in [1.82, 2.24) is 19.1 Å². The van der Waals surface area contributed by atoms with Crippen molar-refractivity contribution in [3.8, 4) is 5.69 Å². The minimum atomic E-state index is -0.825. The van der Waals surface area contributed by atoms with Gasteiger partial charge >= 0.3 is 5.69 Å². The molecule has 4 rings (SSSR count). The lowest BCUT2D eigenvalue weighted by Gasteiger charge is -2.13. The Morgan fingerprint density at radius 1 is 1.18 bits per heavy atom. The first-order chi connectivity index (χ1) is 16.2. The molecule has 0 bridgehead atoms.